The van der Waals surface area contributed by atoms with Crippen LogP contribution in [0.2, 0.25) is 0 Å². The predicted octanol–water partition coefficient (Wildman–Crippen LogP) is 1.83. The van der Waals surface area contributed by atoms with Gasteiger partial charge in [-0.25, -0.2) is 0 Å². The molecule has 0 unspecified atom stereocenters. The molecule has 0 amide bonds. The summed E-state index contributed by atoms with van der Waals surface area (Å²) in [4.78, 5) is 10.7. The fourth-order valence-corrected chi connectivity index (χ4v) is 1.79. The first kappa shape index (κ1) is 9.87. The minimum absolute atomic E-state index is 0.119. The quantitative estimate of drug-likeness (QED) is 0.818. The summed E-state index contributed by atoms with van der Waals surface area (Å²) in [6.45, 7) is 0.119. The molecule has 75 valence electrons. The van der Waals surface area contributed by atoms with Gasteiger partial charge >= 0.3 is 0 Å². The standard InChI is InChI=1S/C13H11O2/c14-8-7-10-5-6-11(9-15)13-4-2-1-3-12(10)13/h1-6,14H,7-8H2. The molecule has 2 aromatic carbocycles. The fraction of sp³-hybridized carbons (Fsp3) is 0.154. The highest BCUT2D eigenvalue weighted by Crippen LogP contribution is 2.22. The minimum Gasteiger partial charge on any atom is -0.396 e. The van der Waals surface area contributed by atoms with E-state index < -0.39 is 0 Å². The summed E-state index contributed by atoms with van der Waals surface area (Å²) in [6, 6.07) is 11.3. The first-order chi connectivity index (χ1) is 7.36. The van der Waals surface area contributed by atoms with E-state index in [1.54, 1.807) is 6.07 Å². The monoisotopic (exact) mass is 199 g/mol. The van der Waals surface area contributed by atoms with Crippen LogP contribution < -0.4 is 0 Å². The number of fused-ring (bicyclic) bond motifs is 1. The number of hydrogen-bond acceptors (Lipinski definition) is 2. The van der Waals surface area contributed by atoms with Crippen LogP contribution in [-0.2, 0) is 11.2 Å². The van der Waals surface area contributed by atoms with Crippen molar-refractivity contribution in [2.75, 3.05) is 6.61 Å². The Labute approximate surface area is 88.2 Å². The average molecular weight is 199 g/mol. The summed E-state index contributed by atoms with van der Waals surface area (Å²) in [5.74, 6) is 0. The van der Waals surface area contributed by atoms with Crippen molar-refractivity contribution in [3.8, 4) is 0 Å². The van der Waals surface area contributed by atoms with Crippen molar-refractivity contribution in [3.05, 3.63) is 47.5 Å². The lowest BCUT2D eigenvalue weighted by molar-refractivity contribution is 0.300. The molecule has 0 aliphatic heterocycles. The van der Waals surface area contributed by atoms with Gasteiger partial charge in [0.15, 0.2) is 0 Å². The molecule has 2 aromatic rings. The first-order valence-electron chi connectivity index (χ1n) is 4.86. The Balaban J connectivity index is 2.71. The molecule has 1 radical (unpaired) electrons. The number of benzene rings is 2. The highest BCUT2D eigenvalue weighted by Gasteiger charge is 2.04. The van der Waals surface area contributed by atoms with E-state index in [1.165, 1.54) is 0 Å². The van der Waals surface area contributed by atoms with E-state index in [2.05, 4.69) is 0 Å². The van der Waals surface area contributed by atoms with Gasteiger partial charge in [0.1, 0.15) is 0 Å². The summed E-state index contributed by atoms with van der Waals surface area (Å²) in [5, 5.41) is 10.9. The van der Waals surface area contributed by atoms with Gasteiger partial charge in [0.05, 0.1) is 0 Å². The Morgan fingerprint density at radius 1 is 1.07 bits per heavy atom. The normalized spacial score (nSPS) is 10.5. The SMILES string of the molecule is O=[C]c1ccc(CCO)c2ccccc12. The van der Waals surface area contributed by atoms with Crippen molar-refractivity contribution in [1.82, 2.24) is 0 Å². The molecule has 0 saturated carbocycles. The van der Waals surface area contributed by atoms with Gasteiger partial charge in [0, 0.05) is 12.2 Å². The van der Waals surface area contributed by atoms with Gasteiger partial charge in [-0.3, -0.25) is 4.79 Å². The van der Waals surface area contributed by atoms with Crippen LogP contribution >= 0.6 is 0 Å². The Morgan fingerprint density at radius 3 is 2.47 bits per heavy atom. The van der Waals surface area contributed by atoms with Crippen molar-refractivity contribution in [3.63, 3.8) is 0 Å². The summed E-state index contributed by atoms with van der Waals surface area (Å²) >= 11 is 0. The molecule has 0 aliphatic rings. The maximum atomic E-state index is 10.7. The summed E-state index contributed by atoms with van der Waals surface area (Å²) < 4.78 is 0. The van der Waals surface area contributed by atoms with Gasteiger partial charge in [-0.05, 0) is 28.8 Å². The summed E-state index contributed by atoms with van der Waals surface area (Å²) in [5.41, 5.74) is 1.64. The molecule has 0 aliphatic carbocycles. The van der Waals surface area contributed by atoms with Crippen molar-refractivity contribution < 1.29 is 9.90 Å². The van der Waals surface area contributed by atoms with E-state index in [9.17, 15) is 4.79 Å². The number of carbonyl (C=O) groups excluding carboxylic acids is 1. The van der Waals surface area contributed by atoms with Crippen LogP contribution in [-0.4, -0.2) is 18.0 Å². The molecule has 2 nitrogen and oxygen atoms in total. The molecule has 1 N–H and O–H groups in total. The van der Waals surface area contributed by atoms with E-state index in [1.807, 2.05) is 36.6 Å². The molecule has 2 heteroatoms. The maximum Gasteiger partial charge on any atom is 0.234 e. The lowest BCUT2D eigenvalue weighted by atomic mass is 9.98. The van der Waals surface area contributed by atoms with Gasteiger partial charge in [0.25, 0.3) is 0 Å². The molecule has 0 aromatic heterocycles. The Morgan fingerprint density at radius 2 is 1.80 bits per heavy atom. The van der Waals surface area contributed by atoms with Crippen LogP contribution in [0.3, 0.4) is 0 Å². The van der Waals surface area contributed by atoms with Crippen LogP contribution in [0.5, 0.6) is 0 Å². The van der Waals surface area contributed by atoms with Crippen LogP contribution in [0, 0.1) is 0 Å². The molecule has 0 saturated heterocycles. The molecule has 0 fully saturated rings. The molecular weight excluding hydrogens is 188 g/mol. The smallest absolute Gasteiger partial charge is 0.234 e. The minimum atomic E-state index is 0.119. The lowest BCUT2D eigenvalue weighted by Gasteiger charge is -2.06. The topological polar surface area (TPSA) is 37.3 Å². The van der Waals surface area contributed by atoms with E-state index in [0.29, 0.717) is 12.0 Å². The molecule has 0 heterocycles. The van der Waals surface area contributed by atoms with Crippen LogP contribution in [0.1, 0.15) is 11.1 Å². The zero-order chi connectivity index (χ0) is 10.7. The fourth-order valence-electron chi connectivity index (χ4n) is 1.79. The highest BCUT2D eigenvalue weighted by atomic mass is 16.2. The number of rotatable bonds is 3. The maximum absolute atomic E-state index is 10.7. The summed E-state index contributed by atoms with van der Waals surface area (Å²) in [6.07, 6.45) is 2.54. The van der Waals surface area contributed by atoms with Gasteiger partial charge < -0.3 is 5.11 Å². The van der Waals surface area contributed by atoms with Gasteiger partial charge in [-0.15, -0.1) is 0 Å². The second-order valence-electron chi connectivity index (χ2n) is 3.39. The van der Waals surface area contributed by atoms with Crippen LogP contribution in [0.4, 0.5) is 0 Å². The third-order valence-corrected chi connectivity index (χ3v) is 2.51. The zero-order valence-corrected chi connectivity index (χ0v) is 8.23. The molecule has 15 heavy (non-hydrogen) atoms. The lowest BCUT2D eigenvalue weighted by Crippen LogP contribution is -1.94. The second kappa shape index (κ2) is 4.24. The zero-order valence-electron chi connectivity index (χ0n) is 8.23. The van der Waals surface area contributed by atoms with E-state index in [0.717, 1.165) is 16.3 Å². The predicted molar refractivity (Wildman–Crippen MR) is 59.5 cm³/mol. The van der Waals surface area contributed by atoms with Crippen molar-refractivity contribution in [2.45, 2.75) is 6.42 Å². The highest BCUT2D eigenvalue weighted by molar-refractivity contribution is 5.99. The van der Waals surface area contributed by atoms with Crippen LogP contribution in [0.25, 0.3) is 10.8 Å². The number of aliphatic hydroxyl groups excluding tert-OH is 1. The molecular formula is C13H11O2. The van der Waals surface area contributed by atoms with Gasteiger partial charge in [-0.2, -0.15) is 0 Å². The molecule has 2 rings (SSSR count). The third kappa shape index (κ3) is 1.76. The Kier molecular flexibility index (Phi) is 2.79. The Hall–Kier alpha value is -1.67. The van der Waals surface area contributed by atoms with Crippen molar-refractivity contribution >= 4 is 17.1 Å². The third-order valence-electron chi connectivity index (χ3n) is 2.51. The van der Waals surface area contributed by atoms with Gasteiger partial charge in [-0.1, -0.05) is 30.3 Å². The number of aliphatic hydroxyl groups is 1. The molecule has 0 spiro atoms. The van der Waals surface area contributed by atoms with Gasteiger partial charge in [0.2, 0.25) is 6.29 Å². The largest absolute Gasteiger partial charge is 0.396 e. The average Bonchev–Trinajstić information content (AvgIpc) is 2.30. The number of hydrogen-bond donors (Lipinski definition) is 1. The van der Waals surface area contributed by atoms with Crippen LogP contribution in [0.15, 0.2) is 36.4 Å². The second-order valence-corrected chi connectivity index (χ2v) is 3.39. The Bertz CT molecular complexity index is 489. The van der Waals surface area contributed by atoms with E-state index in [-0.39, 0.29) is 6.61 Å². The summed E-state index contributed by atoms with van der Waals surface area (Å²) in [7, 11) is 0. The molecule has 0 atom stereocenters. The van der Waals surface area contributed by atoms with Crippen molar-refractivity contribution in [2.24, 2.45) is 0 Å². The van der Waals surface area contributed by atoms with E-state index in [4.69, 9.17) is 5.11 Å². The molecule has 0 bridgehead atoms. The van der Waals surface area contributed by atoms with E-state index >= 15 is 0 Å². The first-order valence-corrected chi connectivity index (χ1v) is 4.86. The van der Waals surface area contributed by atoms with Crippen molar-refractivity contribution in [1.29, 1.82) is 0 Å².